The van der Waals surface area contributed by atoms with E-state index < -0.39 is 5.95 Å². The number of piperidine rings is 1. The molecular weight excluding hydrogens is 387 g/mol. The number of allylic oxidation sites excluding steroid dienone is 1. The second-order valence-electron chi connectivity index (χ2n) is 5.50. The molecule has 2 aromatic heterocycles. The molecule has 0 spiro atoms. The van der Waals surface area contributed by atoms with Crippen molar-refractivity contribution in [2.24, 2.45) is 0 Å². The van der Waals surface area contributed by atoms with Crippen LogP contribution in [0.2, 0.25) is 0 Å². The highest BCUT2D eigenvalue weighted by Gasteiger charge is 2.16. The van der Waals surface area contributed by atoms with Gasteiger partial charge in [-0.25, -0.2) is 9.97 Å². The van der Waals surface area contributed by atoms with E-state index in [9.17, 15) is 9.60 Å². The molecule has 0 amide bonds. The lowest BCUT2D eigenvalue weighted by Gasteiger charge is -2.31. The molecule has 1 fully saturated rings. The Balaban J connectivity index is 1.66. The molecule has 0 aliphatic carbocycles. The van der Waals surface area contributed by atoms with E-state index in [1.165, 1.54) is 11.8 Å². The van der Waals surface area contributed by atoms with Gasteiger partial charge in [0.25, 0.3) is 0 Å². The summed E-state index contributed by atoms with van der Waals surface area (Å²) in [7, 11) is 0. The number of halogens is 2. The van der Waals surface area contributed by atoms with Gasteiger partial charge in [0, 0.05) is 31.0 Å². The van der Waals surface area contributed by atoms with Crippen molar-refractivity contribution in [3.63, 3.8) is 0 Å². The van der Waals surface area contributed by atoms with Crippen LogP contribution in [0.3, 0.4) is 0 Å². The first-order chi connectivity index (χ1) is 12.2. The minimum Gasteiger partial charge on any atom is -0.761 e. The summed E-state index contributed by atoms with van der Waals surface area (Å²) in [5, 5.41) is 11.0. The largest absolute Gasteiger partial charge is 0.761 e. The van der Waals surface area contributed by atoms with Crippen molar-refractivity contribution in [1.82, 2.24) is 9.97 Å². The number of rotatable bonds is 2. The van der Waals surface area contributed by atoms with Crippen molar-refractivity contribution in [2.45, 2.75) is 12.8 Å². The first-order valence-corrected chi connectivity index (χ1v) is 8.56. The predicted molar refractivity (Wildman–Crippen MR) is 99.5 cm³/mol. The predicted octanol–water partition coefficient (Wildman–Crippen LogP) is 3.87. The van der Waals surface area contributed by atoms with E-state index in [4.69, 9.17) is 0 Å². The third-order valence-electron chi connectivity index (χ3n) is 3.93. The molecule has 1 aliphatic heterocycles. The summed E-state index contributed by atoms with van der Waals surface area (Å²) < 4.78 is 13.6. The number of nitrogens with zero attached hydrogens (tertiary/aromatic N) is 3. The molecule has 0 radical (unpaired) electrons. The van der Waals surface area contributed by atoms with Crippen LogP contribution in [0.1, 0.15) is 18.4 Å². The van der Waals surface area contributed by atoms with Crippen LogP contribution >= 0.6 is 15.9 Å². The van der Waals surface area contributed by atoms with Gasteiger partial charge in [-0.3, -0.25) is 0 Å². The van der Waals surface area contributed by atoms with E-state index in [-0.39, 0.29) is 4.47 Å². The van der Waals surface area contributed by atoms with Crippen LogP contribution in [-0.4, -0.2) is 23.1 Å². The molecular formula is C18H15BrFN4O-. The number of hydrogen-bond donors (Lipinski definition) is 1. The SMILES string of the molecule is [O-]Nc1cccnc1N1CCC(=CC#Cc2ccnc(F)c2Br)CC1. The molecule has 0 aromatic carbocycles. The van der Waals surface area contributed by atoms with Crippen LogP contribution in [-0.2, 0) is 0 Å². The molecule has 5 nitrogen and oxygen atoms in total. The number of hydrogen-bond acceptors (Lipinski definition) is 5. The molecule has 0 bridgehead atoms. The molecule has 0 unspecified atom stereocenters. The van der Waals surface area contributed by atoms with Crippen molar-refractivity contribution in [3.05, 3.63) is 63.4 Å². The van der Waals surface area contributed by atoms with Crippen molar-refractivity contribution in [2.75, 3.05) is 23.5 Å². The van der Waals surface area contributed by atoms with Crippen LogP contribution in [0.15, 0.2) is 46.7 Å². The van der Waals surface area contributed by atoms with Gasteiger partial charge in [-0.2, -0.15) is 4.39 Å². The summed E-state index contributed by atoms with van der Waals surface area (Å²) in [5.41, 5.74) is 4.22. The minimum absolute atomic E-state index is 0.281. The highest BCUT2D eigenvalue weighted by atomic mass is 79.9. The third kappa shape index (κ3) is 4.16. The number of nitrogens with one attached hydrogen (secondary N) is 1. The Bertz CT molecular complexity index is 850. The lowest BCUT2D eigenvalue weighted by molar-refractivity contribution is 0.576. The van der Waals surface area contributed by atoms with Gasteiger partial charge < -0.3 is 15.6 Å². The zero-order valence-electron chi connectivity index (χ0n) is 13.3. The second-order valence-corrected chi connectivity index (χ2v) is 6.29. The Kier molecular flexibility index (Phi) is 5.64. The van der Waals surface area contributed by atoms with Crippen molar-refractivity contribution in [1.29, 1.82) is 0 Å². The molecule has 3 rings (SSSR count). The third-order valence-corrected chi connectivity index (χ3v) is 4.69. The minimum atomic E-state index is -0.564. The average Bonchev–Trinajstić information content (AvgIpc) is 2.66. The van der Waals surface area contributed by atoms with Gasteiger partial charge in [0.05, 0.1) is 10.2 Å². The van der Waals surface area contributed by atoms with Crippen molar-refractivity contribution >= 4 is 27.4 Å². The molecule has 7 heteroatoms. The summed E-state index contributed by atoms with van der Waals surface area (Å²) in [5.74, 6) is 6.03. The van der Waals surface area contributed by atoms with Gasteiger partial charge in [0.2, 0.25) is 5.95 Å². The number of aromatic nitrogens is 2. The average molecular weight is 402 g/mol. The van der Waals surface area contributed by atoms with Crippen LogP contribution < -0.4 is 10.4 Å². The van der Waals surface area contributed by atoms with E-state index in [0.717, 1.165) is 25.9 Å². The maximum atomic E-state index is 13.3. The summed E-state index contributed by atoms with van der Waals surface area (Å²) in [6.45, 7) is 1.54. The van der Waals surface area contributed by atoms with E-state index in [1.54, 1.807) is 24.4 Å². The monoisotopic (exact) mass is 401 g/mol. The fourth-order valence-electron chi connectivity index (χ4n) is 2.61. The first-order valence-electron chi connectivity index (χ1n) is 7.76. The Morgan fingerprint density at radius 1 is 1.24 bits per heavy atom. The number of pyridine rings is 2. The molecule has 1 aliphatic rings. The topological polar surface area (TPSA) is 64.1 Å². The first kappa shape index (κ1) is 17.4. The molecule has 25 heavy (non-hydrogen) atoms. The van der Waals surface area contributed by atoms with Gasteiger partial charge in [0.1, 0.15) is 0 Å². The van der Waals surface area contributed by atoms with E-state index in [2.05, 4.69) is 42.6 Å². The Morgan fingerprint density at radius 2 is 2.04 bits per heavy atom. The number of anilines is 2. The molecule has 0 saturated carbocycles. The summed E-state index contributed by atoms with van der Waals surface area (Å²) in [4.78, 5) is 9.92. The fraction of sp³-hybridized carbons (Fsp3) is 0.222. The maximum Gasteiger partial charge on any atom is 0.228 e. The fourth-order valence-corrected chi connectivity index (χ4v) is 2.94. The molecule has 1 N–H and O–H groups in total. The lowest BCUT2D eigenvalue weighted by Crippen LogP contribution is -2.31. The Labute approximate surface area is 153 Å². The van der Waals surface area contributed by atoms with E-state index in [0.29, 0.717) is 17.1 Å². The van der Waals surface area contributed by atoms with Gasteiger partial charge >= 0.3 is 0 Å². The molecule has 1 saturated heterocycles. The van der Waals surface area contributed by atoms with Crippen LogP contribution in [0.4, 0.5) is 15.9 Å². The second kappa shape index (κ2) is 8.10. The smallest absolute Gasteiger partial charge is 0.228 e. The summed E-state index contributed by atoms with van der Waals surface area (Å²) in [6, 6.07) is 5.12. The molecule has 2 aromatic rings. The van der Waals surface area contributed by atoms with Crippen LogP contribution in [0, 0.1) is 23.0 Å². The van der Waals surface area contributed by atoms with Crippen LogP contribution in [0.5, 0.6) is 0 Å². The normalized spacial score (nSPS) is 13.9. The molecule has 0 atom stereocenters. The highest BCUT2D eigenvalue weighted by Crippen LogP contribution is 2.27. The molecule has 128 valence electrons. The Hall–Kier alpha value is -2.43. The van der Waals surface area contributed by atoms with Gasteiger partial charge in [0.15, 0.2) is 5.82 Å². The summed E-state index contributed by atoms with van der Waals surface area (Å²) in [6.07, 6.45) is 6.64. The van der Waals surface area contributed by atoms with E-state index >= 15 is 0 Å². The zero-order chi connectivity index (χ0) is 17.6. The van der Waals surface area contributed by atoms with Gasteiger partial charge in [-0.05, 0) is 53.0 Å². The van der Waals surface area contributed by atoms with Gasteiger partial charge in [-0.15, -0.1) is 0 Å². The highest BCUT2D eigenvalue weighted by molar-refractivity contribution is 9.10. The lowest BCUT2D eigenvalue weighted by atomic mass is 10.0. The summed E-state index contributed by atoms with van der Waals surface area (Å²) >= 11 is 3.15. The Morgan fingerprint density at radius 3 is 2.80 bits per heavy atom. The van der Waals surface area contributed by atoms with Crippen molar-refractivity contribution < 1.29 is 4.39 Å². The standard InChI is InChI=1S/C18H15BrFN4O/c19-16-14(6-10-21-17(16)20)4-1-3-13-7-11-24(12-8-13)18-15(23-25)5-2-9-22-18/h2-3,5-6,9-10,23H,7-8,11-12H2/q-1. The van der Waals surface area contributed by atoms with Gasteiger partial charge in [-0.1, -0.05) is 17.4 Å². The van der Waals surface area contributed by atoms with Crippen LogP contribution in [0.25, 0.3) is 0 Å². The zero-order valence-corrected chi connectivity index (χ0v) is 14.9. The quantitative estimate of drug-likeness (QED) is 0.470. The maximum absolute atomic E-state index is 13.3. The molecule has 3 heterocycles. The van der Waals surface area contributed by atoms with Crippen molar-refractivity contribution in [3.8, 4) is 11.8 Å². The van der Waals surface area contributed by atoms with E-state index in [1.807, 2.05) is 11.6 Å².